The van der Waals surface area contributed by atoms with Gasteiger partial charge in [0.2, 0.25) is 4.74 Å². The van der Waals surface area contributed by atoms with Gasteiger partial charge < -0.3 is 0 Å². The average molecular weight is 366 g/mol. The van der Waals surface area contributed by atoms with Crippen LogP contribution in [0, 0.1) is 10.1 Å². The third-order valence-electron chi connectivity index (χ3n) is 3.90. The predicted octanol–water partition coefficient (Wildman–Crippen LogP) is 1.09. The van der Waals surface area contributed by atoms with Gasteiger partial charge in [-0.1, -0.05) is 0 Å². The van der Waals surface area contributed by atoms with Gasteiger partial charge in [-0.2, -0.15) is 10.2 Å². The van der Waals surface area contributed by atoms with Crippen molar-refractivity contribution in [3.63, 3.8) is 0 Å². The number of hydrazine groups is 1. The van der Waals surface area contributed by atoms with E-state index in [2.05, 4.69) is 37.0 Å². The fraction of sp³-hybridized carbons (Fsp3) is 0.333. The Bertz CT molecular complexity index is 689. The number of hydrazone groups is 2. The van der Waals surface area contributed by atoms with E-state index < -0.39 is 4.92 Å². The standard InChI is InChI=1S/C12H12BrN7O2/c13-12-17-15-10-6-5-9-14-16-11(18(9)19(10)12)7-1-3-8(4-2-7)20(21)22/h1-4,9-10,14-15H,5-6H2. The smallest absolute Gasteiger partial charge is 0.269 e. The van der Waals surface area contributed by atoms with E-state index in [9.17, 15) is 10.1 Å². The monoisotopic (exact) mass is 365 g/mol. The fourth-order valence-electron chi connectivity index (χ4n) is 2.86. The maximum atomic E-state index is 10.8. The number of hydrogen-bond acceptors (Lipinski definition) is 8. The summed E-state index contributed by atoms with van der Waals surface area (Å²) in [6.07, 6.45) is 2.01. The van der Waals surface area contributed by atoms with Gasteiger partial charge in [-0.15, -0.1) is 0 Å². The Hall–Kier alpha value is -2.36. The molecule has 9 nitrogen and oxygen atoms in total. The molecule has 0 aliphatic carbocycles. The minimum Gasteiger partial charge on any atom is -0.284 e. The number of fused-ring (bicyclic) bond motifs is 3. The molecular weight excluding hydrogens is 354 g/mol. The summed E-state index contributed by atoms with van der Waals surface area (Å²) in [6.45, 7) is 0. The van der Waals surface area contributed by atoms with Crippen LogP contribution < -0.4 is 10.9 Å². The Labute approximate surface area is 133 Å². The molecule has 1 aromatic carbocycles. The normalized spacial score (nSPS) is 25.7. The van der Waals surface area contributed by atoms with Crippen LogP contribution in [-0.2, 0) is 0 Å². The van der Waals surface area contributed by atoms with E-state index in [1.54, 1.807) is 12.1 Å². The number of halogens is 1. The van der Waals surface area contributed by atoms with Gasteiger partial charge in [-0.05, 0) is 40.9 Å². The number of benzene rings is 1. The first-order valence-electron chi connectivity index (χ1n) is 6.80. The lowest BCUT2D eigenvalue weighted by molar-refractivity contribution is -0.384. The summed E-state index contributed by atoms with van der Waals surface area (Å²) in [5, 5.41) is 23.4. The number of rotatable bonds is 2. The summed E-state index contributed by atoms with van der Waals surface area (Å²) < 4.78 is 0.695. The number of amidine groups is 2. The molecule has 22 heavy (non-hydrogen) atoms. The average Bonchev–Trinajstić information content (AvgIpc) is 3.11. The number of non-ortho nitro benzene ring substituents is 1. The number of nitrogens with one attached hydrogen (secondary N) is 2. The molecule has 0 bridgehead atoms. The van der Waals surface area contributed by atoms with Crippen molar-refractivity contribution in [2.45, 2.75) is 25.2 Å². The molecule has 0 spiro atoms. The van der Waals surface area contributed by atoms with Crippen LogP contribution in [0.5, 0.6) is 0 Å². The van der Waals surface area contributed by atoms with Crippen LogP contribution in [0.3, 0.4) is 0 Å². The molecule has 2 N–H and O–H groups in total. The SMILES string of the molecule is O=[N+]([O-])c1ccc(C2=NNC3CCC4NN=C(Br)N4N23)cc1. The molecule has 0 amide bonds. The van der Waals surface area contributed by atoms with Crippen LogP contribution in [0.25, 0.3) is 0 Å². The first-order chi connectivity index (χ1) is 10.6. The van der Waals surface area contributed by atoms with Gasteiger partial charge in [0.1, 0.15) is 12.3 Å². The zero-order valence-electron chi connectivity index (χ0n) is 11.3. The molecule has 0 aromatic heterocycles. The maximum absolute atomic E-state index is 10.8. The molecular formula is C12H12BrN7O2. The van der Waals surface area contributed by atoms with Crippen molar-refractivity contribution >= 4 is 32.2 Å². The zero-order chi connectivity index (χ0) is 15.3. The highest BCUT2D eigenvalue weighted by atomic mass is 79.9. The second-order valence-corrected chi connectivity index (χ2v) is 5.89. The Morgan fingerprint density at radius 1 is 1.14 bits per heavy atom. The van der Waals surface area contributed by atoms with Gasteiger partial charge in [0.25, 0.3) is 5.69 Å². The van der Waals surface area contributed by atoms with Crippen molar-refractivity contribution in [1.29, 1.82) is 0 Å². The molecule has 2 unspecified atom stereocenters. The summed E-state index contributed by atoms with van der Waals surface area (Å²) in [4.78, 5) is 10.4. The number of hydrogen-bond donors (Lipinski definition) is 2. The Kier molecular flexibility index (Phi) is 2.93. The third-order valence-corrected chi connectivity index (χ3v) is 4.44. The highest BCUT2D eigenvalue weighted by Crippen LogP contribution is 2.31. The second-order valence-electron chi connectivity index (χ2n) is 5.18. The molecule has 4 rings (SSSR count). The third kappa shape index (κ3) is 1.90. The van der Waals surface area contributed by atoms with Gasteiger partial charge in [0.05, 0.1) is 4.92 Å². The lowest BCUT2D eigenvalue weighted by atomic mass is 10.1. The van der Waals surface area contributed by atoms with E-state index in [1.807, 2.05) is 10.0 Å². The zero-order valence-corrected chi connectivity index (χ0v) is 12.9. The highest BCUT2D eigenvalue weighted by Gasteiger charge is 2.44. The van der Waals surface area contributed by atoms with Crippen molar-refractivity contribution in [1.82, 2.24) is 20.9 Å². The molecule has 0 radical (unpaired) electrons. The largest absolute Gasteiger partial charge is 0.284 e. The van der Waals surface area contributed by atoms with E-state index in [1.165, 1.54) is 12.1 Å². The van der Waals surface area contributed by atoms with E-state index in [0.717, 1.165) is 24.2 Å². The molecule has 1 aromatic rings. The van der Waals surface area contributed by atoms with Gasteiger partial charge in [0.15, 0.2) is 5.84 Å². The lowest BCUT2D eigenvalue weighted by Crippen LogP contribution is -2.60. The van der Waals surface area contributed by atoms with E-state index in [4.69, 9.17) is 0 Å². The van der Waals surface area contributed by atoms with Crippen LogP contribution in [0.4, 0.5) is 5.69 Å². The summed E-state index contributed by atoms with van der Waals surface area (Å²) in [6, 6.07) is 6.38. The van der Waals surface area contributed by atoms with E-state index >= 15 is 0 Å². The molecule has 114 valence electrons. The summed E-state index contributed by atoms with van der Waals surface area (Å²) in [5.74, 6) is 0.723. The Morgan fingerprint density at radius 2 is 1.77 bits per heavy atom. The fourth-order valence-corrected chi connectivity index (χ4v) is 3.38. The second kappa shape index (κ2) is 4.83. The van der Waals surface area contributed by atoms with Crippen molar-refractivity contribution < 1.29 is 4.92 Å². The van der Waals surface area contributed by atoms with Crippen molar-refractivity contribution in [3.05, 3.63) is 39.9 Å². The molecule has 10 heteroatoms. The Morgan fingerprint density at radius 3 is 2.45 bits per heavy atom. The molecule has 0 saturated carbocycles. The first-order valence-corrected chi connectivity index (χ1v) is 7.59. The van der Waals surface area contributed by atoms with Crippen LogP contribution >= 0.6 is 15.9 Å². The number of nitrogens with zero attached hydrogens (tertiary/aromatic N) is 5. The van der Waals surface area contributed by atoms with Gasteiger partial charge in [0, 0.05) is 17.7 Å². The number of nitro benzene ring substituents is 1. The summed E-state index contributed by atoms with van der Waals surface area (Å²) in [5.41, 5.74) is 7.06. The van der Waals surface area contributed by atoms with Crippen molar-refractivity contribution in [2.24, 2.45) is 10.2 Å². The van der Waals surface area contributed by atoms with Crippen LogP contribution in [0.1, 0.15) is 18.4 Å². The first kappa shape index (κ1) is 13.3. The topological polar surface area (TPSA) is 98.4 Å². The lowest BCUT2D eigenvalue weighted by Gasteiger charge is -2.42. The molecule has 1 fully saturated rings. The highest BCUT2D eigenvalue weighted by molar-refractivity contribution is 9.18. The van der Waals surface area contributed by atoms with Crippen LogP contribution in [0.15, 0.2) is 34.5 Å². The minimum atomic E-state index is -0.411. The Balaban J connectivity index is 1.67. The predicted molar refractivity (Wildman–Crippen MR) is 82.8 cm³/mol. The van der Waals surface area contributed by atoms with E-state index in [0.29, 0.717) is 4.74 Å². The minimum absolute atomic E-state index is 0.0593. The summed E-state index contributed by atoms with van der Waals surface area (Å²) >= 11 is 3.45. The van der Waals surface area contributed by atoms with Crippen LogP contribution in [-0.4, -0.2) is 37.9 Å². The molecule has 3 heterocycles. The van der Waals surface area contributed by atoms with Crippen molar-refractivity contribution in [3.8, 4) is 0 Å². The van der Waals surface area contributed by atoms with Gasteiger partial charge in [-0.25, -0.2) is 10.0 Å². The number of nitro groups is 1. The van der Waals surface area contributed by atoms with Crippen LogP contribution in [0.2, 0.25) is 0 Å². The van der Waals surface area contributed by atoms with Gasteiger partial charge >= 0.3 is 0 Å². The molecule has 3 aliphatic rings. The summed E-state index contributed by atoms with van der Waals surface area (Å²) in [7, 11) is 0. The van der Waals surface area contributed by atoms with E-state index in [-0.39, 0.29) is 18.0 Å². The molecule has 2 atom stereocenters. The maximum Gasteiger partial charge on any atom is 0.269 e. The van der Waals surface area contributed by atoms with Crippen molar-refractivity contribution in [2.75, 3.05) is 0 Å². The van der Waals surface area contributed by atoms with Gasteiger partial charge in [-0.3, -0.25) is 21.0 Å². The molecule has 1 saturated heterocycles. The molecule has 3 aliphatic heterocycles. The quantitative estimate of drug-likeness (QED) is 0.462.